The van der Waals surface area contributed by atoms with Gasteiger partial charge in [0.15, 0.2) is 0 Å². The van der Waals surface area contributed by atoms with Crippen LogP contribution < -0.4 is 9.46 Å². The summed E-state index contributed by atoms with van der Waals surface area (Å²) in [4.78, 5) is 28.2. The number of hydrogen-bond acceptors (Lipinski definition) is 7. The molecule has 9 nitrogen and oxygen atoms in total. The van der Waals surface area contributed by atoms with E-state index in [1.54, 1.807) is 12.1 Å². The molecule has 1 spiro atoms. The van der Waals surface area contributed by atoms with Gasteiger partial charge < -0.3 is 9.64 Å². The summed E-state index contributed by atoms with van der Waals surface area (Å²) < 4.78 is 36.8. The second-order valence-electron chi connectivity index (χ2n) is 14.4. The number of nitrogens with one attached hydrogen (secondary N) is 1. The summed E-state index contributed by atoms with van der Waals surface area (Å²) in [5, 5.41) is 0. The summed E-state index contributed by atoms with van der Waals surface area (Å²) in [6.45, 7) is 10.4. The van der Waals surface area contributed by atoms with E-state index in [2.05, 4.69) is 28.5 Å². The molecule has 4 aliphatic rings. The molecule has 3 heterocycles. The van der Waals surface area contributed by atoms with E-state index in [9.17, 15) is 13.2 Å². The van der Waals surface area contributed by atoms with Gasteiger partial charge in [-0.05, 0) is 86.6 Å². The summed E-state index contributed by atoms with van der Waals surface area (Å²) in [6, 6.07) is 14.4. The number of rotatable bonds is 4. The third-order valence-electron chi connectivity index (χ3n) is 10.7. The van der Waals surface area contributed by atoms with Crippen molar-refractivity contribution < 1.29 is 17.9 Å². The van der Waals surface area contributed by atoms with Gasteiger partial charge in [0.2, 0.25) is 11.8 Å². The number of ether oxygens (including phenoxy) is 1. The SMILES string of the molecule is Cc1cccc(C)c1-c1cc2nc(n1)NS(=O)(=O)c1cccc(c1)C(=O)N1CCN(C3CC4(CCCC4)C3)C[C@@H](O2)[C@H]1CC(C)C. The largest absolute Gasteiger partial charge is 0.471 e. The number of carbonyl (C=O) groups is 1. The van der Waals surface area contributed by atoms with Crippen molar-refractivity contribution in [2.45, 2.75) is 95.7 Å². The lowest BCUT2D eigenvalue weighted by Crippen LogP contribution is -2.53. The molecule has 1 aromatic heterocycles. The molecule has 1 N–H and O–H groups in total. The Morgan fingerprint density at radius 2 is 1.72 bits per heavy atom. The Bertz CT molecular complexity index is 1720. The number of carbonyl (C=O) groups excluding carboxylic acids is 1. The maximum absolute atomic E-state index is 14.4. The van der Waals surface area contributed by atoms with Crippen LogP contribution in [0.2, 0.25) is 0 Å². The fourth-order valence-electron chi connectivity index (χ4n) is 8.41. The van der Waals surface area contributed by atoms with Gasteiger partial charge in [-0.25, -0.2) is 18.1 Å². The monoisotopic (exact) mass is 643 g/mol. The van der Waals surface area contributed by atoms with Crippen LogP contribution in [0.1, 0.15) is 80.3 Å². The van der Waals surface area contributed by atoms with Gasteiger partial charge in [0, 0.05) is 42.9 Å². The normalized spacial score (nSPS) is 24.3. The molecular weight excluding hydrogens is 598 g/mol. The number of nitrogens with zero attached hydrogens (tertiary/aromatic N) is 4. The first-order valence-electron chi connectivity index (χ1n) is 16.8. The Morgan fingerprint density at radius 1 is 1.00 bits per heavy atom. The molecule has 2 aliphatic carbocycles. The second-order valence-corrected chi connectivity index (χ2v) is 16.1. The number of benzene rings is 2. The maximum Gasteiger partial charge on any atom is 0.264 e. The summed E-state index contributed by atoms with van der Waals surface area (Å²) in [6.07, 6.45) is 8.11. The minimum absolute atomic E-state index is 0.00845. The van der Waals surface area contributed by atoms with E-state index in [4.69, 9.17) is 9.72 Å². The lowest BCUT2D eigenvalue weighted by atomic mass is 9.64. The molecule has 7 rings (SSSR count). The first kappa shape index (κ1) is 31.1. The van der Waals surface area contributed by atoms with Crippen LogP contribution in [0.3, 0.4) is 0 Å². The Labute approximate surface area is 272 Å². The van der Waals surface area contributed by atoms with Crippen molar-refractivity contribution >= 4 is 21.9 Å². The number of aromatic nitrogens is 2. The Kier molecular flexibility index (Phi) is 8.08. The van der Waals surface area contributed by atoms with Gasteiger partial charge >= 0.3 is 0 Å². The van der Waals surface area contributed by atoms with Gasteiger partial charge in [-0.15, -0.1) is 0 Å². The lowest BCUT2D eigenvalue weighted by molar-refractivity contribution is -0.0102. The maximum atomic E-state index is 14.4. The molecular formula is C36H45N5O4S. The minimum Gasteiger partial charge on any atom is -0.471 e. The van der Waals surface area contributed by atoms with Crippen molar-refractivity contribution in [2.24, 2.45) is 11.3 Å². The van der Waals surface area contributed by atoms with E-state index >= 15 is 0 Å². The predicted octanol–water partition coefficient (Wildman–Crippen LogP) is 6.22. The molecule has 6 bridgehead atoms. The van der Waals surface area contributed by atoms with Gasteiger partial charge in [-0.2, -0.15) is 4.98 Å². The first-order valence-corrected chi connectivity index (χ1v) is 18.3. The zero-order chi connectivity index (χ0) is 32.2. The number of hydrogen-bond donors (Lipinski definition) is 1. The van der Waals surface area contributed by atoms with Gasteiger partial charge in [0.05, 0.1) is 16.6 Å². The average Bonchev–Trinajstić information content (AvgIpc) is 3.42. The van der Waals surface area contributed by atoms with E-state index in [1.165, 1.54) is 50.7 Å². The van der Waals surface area contributed by atoms with Crippen molar-refractivity contribution in [1.82, 2.24) is 19.8 Å². The average molecular weight is 644 g/mol. The van der Waals surface area contributed by atoms with Gasteiger partial charge in [-0.3, -0.25) is 9.69 Å². The molecule has 0 radical (unpaired) electrons. The molecule has 2 atom stereocenters. The van der Waals surface area contributed by atoms with E-state index in [1.807, 2.05) is 43.0 Å². The Hall–Kier alpha value is -3.50. The number of sulfonamides is 1. The molecule has 10 heteroatoms. The number of amides is 1. The Morgan fingerprint density at radius 3 is 2.43 bits per heavy atom. The van der Waals surface area contributed by atoms with Crippen molar-refractivity contribution in [2.75, 3.05) is 24.4 Å². The van der Waals surface area contributed by atoms with E-state index < -0.39 is 10.0 Å². The van der Waals surface area contributed by atoms with Crippen LogP contribution in [0, 0.1) is 25.2 Å². The smallest absolute Gasteiger partial charge is 0.264 e. The molecule has 1 saturated heterocycles. The molecule has 244 valence electrons. The quantitative estimate of drug-likeness (QED) is 0.360. The molecule has 2 saturated carbocycles. The minimum atomic E-state index is -4.10. The van der Waals surface area contributed by atoms with Crippen LogP contribution in [0.15, 0.2) is 53.4 Å². The van der Waals surface area contributed by atoms with Crippen LogP contribution in [-0.2, 0) is 10.0 Å². The van der Waals surface area contributed by atoms with Crippen LogP contribution >= 0.6 is 0 Å². The predicted molar refractivity (Wildman–Crippen MR) is 178 cm³/mol. The molecule has 3 aromatic rings. The molecule has 2 aliphatic heterocycles. The molecule has 2 aromatic carbocycles. The highest BCUT2D eigenvalue weighted by molar-refractivity contribution is 7.92. The molecule has 46 heavy (non-hydrogen) atoms. The standard InChI is InChI=1S/C36H45N5O4S/c1-23(2)17-30-31-22-40(27-20-36(21-27)13-5-6-14-36)15-16-41(30)34(42)26-11-8-12-28(18-26)46(43,44)39-35-37-29(19-32(38-35)45-31)33-24(3)9-7-10-25(33)4/h7-12,18-19,23,27,30-31H,5-6,13-17,20-22H2,1-4H3,(H,37,38,39)/t30-,31-/m1/s1. The summed E-state index contributed by atoms with van der Waals surface area (Å²) >= 11 is 0. The highest BCUT2D eigenvalue weighted by atomic mass is 32.2. The van der Waals surface area contributed by atoms with Gasteiger partial charge in [-0.1, -0.05) is 51.0 Å². The summed E-state index contributed by atoms with van der Waals surface area (Å²) in [5.41, 5.74) is 4.38. The van der Waals surface area contributed by atoms with Crippen molar-refractivity contribution in [3.8, 4) is 17.1 Å². The summed E-state index contributed by atoms with van der Waals surface area (Å²) in [5.74, 6) is 0.368. The van der Waals surface area contributed by atoms with E-state index in [0.29, 0.717) is 47.6 Å². The van der Waals surface area contributed by atoms with Gasteiger partial charge in [0.1, 0.15) is 6.10 Å². The van der Waals surface area contributed by atoms with Gasteiger partial charge in [0.25, 0.3) is 15.9 Å². The second kappa shape index (κ2) is 11.9. The third kappa shape index (κ3) is 5.90. The fourth-order valence-corrected chi connectivity index (χ4v) is 9.40. The van der Waals surface area contributed by atoms with Crippen molar-refractivity contribution in [3.05, 3.63) is 65.2 Å². The number of aryl methyl sites for hydroxylation is 2. The van der Waals surface area contributed by atoms with Crippen LogP contribution in [0.4, 0.5) is 5.95 Å². The summed E-state index contributed by atoms with van der Waals surface area (Å²) in [7, 11) is -4.10. The molecule has 3 fully saturated rings. The van der Waals surface area contributed by atoms with Crippen LogP contribution in [-0.4, -0.2) is 71.9 Å². The molecule has 1 amide bonds. The Balaban J connectivity index is 1.36. The highest BCUT2D eigenvalue weighted by Gasteiger charge is 2.49. The fraction of sp³-hybridized carbons (Fsp3) is 0.528. The topological polar surface area (TPSA) is 105 Å². The highest BCUT2D eigenvalue weighted by Crippen LogP contribution is 2.54. The first-order chi connectivity index (χ1) is 22.0. The number of anilines is 1. The van der Waals surface area contributed by atoms with Crippen molar-refractivity contribution in [3.63, 3.8) is 0 Å². The molecule has 0 unspecified atom stereocenters. The van der Waals surface area contributed by atoms with Crippen molar-refractivity contribution in [1.29, 1.82) is 0 Å². The van der Waals surface area contributed by atoms with Crippen LogP contribution in [0.25, 0.3) is 11.3 Å². The van der Waals surface area contributed by atoms with E-state index in [-0.39, 0.29) is 28.9 Å². The number of fused-ring (bicyclic) bond motifs is 6. The zero-order valence-electron chi connectivity index (χ0n) is 27.3. The zero-order valence-corrected chi connectivity index (χ0v) is 28.1. The lowest BCUT2D eigenvalue weighted by Gasteiger charge is -2.50. The van der Waals surface area contributed by atoms with E-state index in [0.717, 1.165) is 29.7 Å². The van der Waals surface area contributed by atoms with Crippen LogP contribution in [0.5, 0.6) is 5.88 Å². The third-order valence-corrected chi connectivity index (χ3v) is 12.0.